The molecule has 3 saturated heterocycles. The summed E-state index contributed by atoms with van der Waals surface area (Å²) in [7, 11) is 1.60. The van der Waals surface area contributed by atoms with Crippen molar-refractivity contribution >= 4 is 34.6 Å². The molecular formula is C36H46F2N8O3. The van der Waals surface area contributed by atoms with E-state index in [0.29, 0.717) is 59.9 Å². The van der Waals surface area contributed by atoms with Crippen LogP contribution in [0.5, 0.6) is 5.75 Å². The van der Waals surface area contributed by atoms with Crippen LogP contribution in [0, 0.1) is 11.6 Å². The van der Waals surface area contributed by atoms with Crippen molar-refractivity contribution in [3.63, 3.8) is 0 Å². The minimum atomic E-state index is -0.565. The van der Waals surface area contributed by atoms with Gasteiger partial charge < -0.3 is 20.3 Å². The average molecular weight is 677 g/mol. The number of carbonyl (C=O) groups excluding carboxylic acids is 1. The fourth-order valence-corrected chi connectivity index (χ4v) is 7.59. The smallest absolute Gasteiger partial charge is 0.247 e. The first kappa shape index (κ1) is 34.5. The van der Waals surface area contributed by atoms with Gasteiger partial charge in [0.05, 0.1) is 36.8 Å². The summed E-state index contributed by atoms with van der Waals surface area (Å²) in [5.74, 6) is -0.0149. The molecule has 2 aromatic carbocycles. The number of hydrogen-bond acceptors (Lipinski definition) is 10. The van der Waals surface area contributed by atoms with Gasteiger partial charge in [0, 0.05) is 68.4 Å². The minimum absolute atomic E-state index is 0.192. The number of nitrogens with one attached hydrogen (secondary N) is 2. The highest BCUT2D eigenvalue weighted by Gasteiger charge is 2.35. The Bertz CT molecular complexity index is 1640. The molecule has 11 nitrogen and oxygen atoms in total. The molecule has 0 bridgehead atoms. The second-order valence-corrected chi connectivity index (χ2v) is 13.0. The van der Waals surface area contributed by atoms with Crippen molar-refractivity contribution in [2.75, 3.05) is 67.0 Å². The highest BCUT2D eigenvalue weighted by atomic mass is 19.1. The fraction of sp³-hybridized carbons (Fsp3) is 0.472. The van der Waals surface area contributed by atoms with Gasteiger partial charge in [-0.25, -0.2) is 23.8 Å². The van der Waals surface area contributed by atoms with Crippen LogP contribution in [0.15, 0.2) is 55.4 Å². The van der Waals surface area contributed by atoms with E-state index in [1.807, 2.05) is 12.1 Å². The van der Waals surface area contributed by atoms with Crippen LogP contribution in [0.1, 0.15) is 51.6 Å². The Morgan fingerprint density at radius 3 is 2.51 bits per heavy atom. The number of aromatic nitrogens is 2. The number of piperazine rings is 1. The number of benzene rings is 2. The lowest BCUT2D eigenvalue weighted by Gasteiger charge is -2.48. The third-order valence-electron chi connectivity index (χ3n) is 9.94. The number of carbonyl (C=O) groups is 1. The van der Waals surface area contributed by atoms with Crippen LogP contribution >= 0.6 is 0 Å². The van der Waals surface area contributed by atoms with Crippen LogP contribution in [0.3, 0.4) is 0 Å². The van der Waals surface area contributed by atoms with Crippen LogP contribution < -0.4 is 25.3 Å². The molecule has 4 heterocycles. The standard InChI is InChI=1S/C36H46F2N8O3/c1-6-36(47)42-29-17-30(41-34-19-35(40-22-39-34)46-31(12-15-49-46)27-16-25(37)8-9-28(27)38)33(48-5)18-32(29)43-13-10-26(11-14-43)44-20-23(3)45(7-2)24(4)21-44/h6,8-9,16-19,22-24,26,31H,1,7,10-15,20-21H2,2-5H3,(H,42,47)(H,39,40,41)/t23-,24+,31?. The molecule has 6 rings (SSSR count). The highest BCUT2D eigenvalue weighted by Crippen LogP contribution is 2.41. The maximum Gasteiger partial charge on any atom is 0.247 e. The molecule has 13 heteroatoms. The molecule has 3 aliphatic heterocycles. The minimum Gasteiger partial charge on any atom is -0.494 e. The topological polar surface area (TPSA) is 98.3 Å². The van der Waals surface area contributed by atoms with E-state index < -0.39 is 17.7 Å². The SMILES string of the molecule is C=CC(=O)Nc1cc(Nc2cc(N3OCCC3c3cc(F)ccc3F)ncn2)c(OC)cc1N1CCC(N2C[C@@H](C)N(CC)[C@@H](C)C2)CC1. The predicted octanol–water partition coefficient (Wildman–Crippen LogP) is 5.90. The van der Waals surface area contributed by atoms with Gasteiger partial charge in [-0.1, -0.05) is 13.5 Å². The number of piperidine rings is 1. The fourth-order valence-electron chi connectivity index (χ4n) is 7.59. The van der Waals surface area contributed by atoms with E-state index in [-0.39, 0.29) is 11.5 Å². The zero-order valence-electron chi connectivity index (χ0n) is 28.7. The second kappa shape index (κ2) is 15.1. The highest BCUT2D eigenvalue weighted by molar-refractivity contribution is 6.02. The van der Waals surface area contributed by atoms with Gasteiger partial charge in [-0.15, -0.1) is 0 Å². The summed E-state index contributed by atoms with van der Waals surface area (Å²) < 4.78 is 34.5. The Labute approximate surface area is 286 Å². The first-order valence-electron chi connectivity index (χ1n) is 17.0. The summed E-state index contributed by atoms with van der Waals surface area (Å²) in [6.45, 7) is 15.8. The van der Waals surface area contributed by atoms with Crippen LogP contribution in [0.25, 0.3) is 0 Å². The molecule has 0 saturated carbocycles. The van der Waals surface area contributed by atoms with Gasteiger partial charge in [-0.2, -0.15) is 0 Å². The first-order valence-corrected chi connectivity index (χ1v) is 17.0. The number of hydroxylamine groups is 1. The molecule has 2 N–H and O–H groups in total. The number of ether oxygens (including phenoxy) is 1. The zero-order valence-corrected chi connectivity index (χ0v) is 28.7. The largest absolute Gasteiger partial charge is 0.494 e. The Morgan fingerprint density at radius 1 is 1.06 bits per heavy atom. The molecule has 3 aromatic rings. The quantitative estimate of drug-likeness (QED) is 0.253. The lowest BCUT2D eigenvalue weighted by Crippen LogP contribution is -2.60. The summed E-state index contributed by atoms with van der Waals surface area (Å²) >= 11 is 0. The van der Waals surface area contributed by atoms with Crippen molar-refractivity contribution in [3.05, 3.63) is 72.6 Å². The van der Waals surface area contributed by atoms with E-state index in [0.717, 1.165) is 63.4 Å². The van der Waals surface area contributed by atoms with E-state index in [1.54, 1.807) is 13.2 Å². The number of hydrogen-bond donors (Lipinski definition) is 2. The molecule has 1 unspecified atom stereocenters. The van der Waals surface area contributed by atoms with Gasteiger partial charge in [-0.3, -0.25) is 19.4 Å². The van der Waals surface area contributed by atoms with Crippen LogP contribution in [0.4, 0.5) is 37.5 Å². The van der Waals surface area contributed by atoms with Crippen molar-refractivity contribution < 1.29 is 23.1 Å². The van der Waals surface area contributed by atoms with Crippen LogP contribution in [-0.4, -0.2) is 90.2 Å². The molecule has 3 aliphatic rings. The number of likely N-dealkylation sites (N-methyl/N-ethyl adjacent to an activating group) is 1. The average Bonchev–Trinajstić information content (AvgIpc) is 3.59. The number of anilines is 5. The molecule has 49 heavy (non-hydrogen) atoms. The molecule has 262 valence electrons. The van der Waals surface area contributed by atoms with Gasteiger partial charge in [0.2, 0.25) is 5.91 Å². The molecular weight excluding hydrogens is 630 g/mol. The monoisotopic (exact) mass is 676 g/mol. The number of halogens is 2. The van der Waals surface area contributed by atoms with E-state index in [2.05, 4.69) is 62.7 Å². The van der Waals surface area contributed by atoms with Crippen molar-refractivity contribution in [3.8, 4) is 5.75 Å². The summed E-state index contributed by atoms with van der Waals surface area (Å²) in [6, 6.07) is 9.82. The summed E-state index contributed by atoms with van der Waals surface area (Å²) in [5, 5.41) is 7.76. The van der Waals surface area contributed by atoms with Crippen molar-refractivity contribution in [2.45, 2.75) is 64.2 Å². The van der Waals surface area contributed by atoms with Crippen molar-refractivity contribution in [2.24, 2.45) is 0 Å². The van der Waals surface area contributed by atoms with Gasteiger partial charge in [0.1, 0.15) is 29.5 Å². The van der Waals surface area contributed by atoms with Gasteiger partial charge >= 0.3 is 0 Å². The van der Waals surface area contributed by atoms with Gasteiger partial charge in [0.25, 0.3) is 0 Å². The number of rotatable bonds is 10. The molecule has 0 spiro atoms. The molecule has 1 aromatic heterocycles. The first-order chi connectivity index (χ1) is 23.7. The number of nitrogens with zero attached hydrogens (tertiary/aromatic N) is 6. The molecule has 0 aliphatic carbocycles. The Hall–Kier alpha value is -4.33. The van der Waals surface area contributed by atoms with Crippen molar-refractivity contribution in [1.82, 2.24) is 19.8 Å². The zero-order chi connectivity index (χ0) is 34.7. The Morgan fingerprint density at radius 2 is 1.82 bits per heavy atom. The normalized spacial score (nSPS) is 22.3. The van der Waals surface area contributed by atoms with E-state index in [1.165, 1.54) is 23.5 Å². The number of methoxy groups -OCH3 is 1. The molecule has 3 fully saturated rings. The van der Waals surface area contributed by atoms with Crippen molar-refractivity contribution in [1.29, 1.82) is 0 Å². The second-order valence-electron chi connectivity index (χ2n) is 13.0. The number of amides is 1. The van der Waals surface area contributed by atoms with Crippen LogP contribution in [0.2, 0.25) is 0 Å². The summed E-state index contributed by atoms with van der Waals surface area (Å²) in [6.07, 6.45) is 5.11. The van der Waals surface area contributed by atoms with Gasteiger partial charge in [-0.05, 0) is 63.6 Å². The molecule has 0 radical (unpaired) electrons. The Kier molecular flexibility index (Phi) is 10.6. The van der Waals surface area contributed by atoms with E-state index >= 15 is 0 Å². The Balaban J connectivity index is 1.22. The summed E-state index contributed by atoms with van der Waals surface area (Å²) in [4.78, 5) is 34.7. The predicted molar refractivity (Wildman–Crippen MR) is 187 cm³/mol. The summed E-state index contributed by atoms with van der Waals surface area (Å²) in [5.41, 5.74) is 2.24. The van der Waals surface area contributed by atoms with Crippen LogP contribution in [-0.2, 0) is 9.63 Å². The van der Waals surface area contributed by atoms with E-state index in [9.17, 15) is 13.6 Å². The lowest BCUT2D eigenvalue weighted by molar-refractivity contribution is -0.111. The maximum atomic E-state index is 14.7. The third-order valence-corrected chi connectivity index (χ3v) is 9.94. The van der Waals surface area contributed by atoms with E-state index in [4.69, 9.17) is 9.57 Å². The molecule has 1 amide bonds. The lowest BCUT2D eigenvalue weighted by atomic mass is 9.98. The maximum absolute atomic E-state index is 14.7. The van der Waals surface area contributed by atoms with Gasteiger partial charge in [0.15, 0.2) is 5.82 Å². The molecule has 3 atom stereocenters. The third kappa shape index (κ3) is 7.48.